The fraction of sp³-hybridized carbons (Fsp3) is 0.778. The molecule has 29 heavy (non-hydrogen) atoms. The SMILES string of the molecule is CC(C)(C)C(=O)OCOC(=O)[C@@H]1N2C(=O)[C@@H](NC(=O)C3CSCN3)[C@H]2SC1(C)C. The Morgan fingerprint density at radius 2 is 1.97 bits per heavy atom. The second-order valence-corrected chi connectivity index (χ2v) is 11.6. The van der Waals surface area contributed by atoms with Crippen molar-refractivity contribution >= 4 is 47.3 Å². The highest BCUT2D eigenvalue weighted by Crippen LogP contribution is 2.51. The second kappa shape index (κ2) is 7.99. The molecular formula is C18H27N3O6S2. The summed E-state index contributed by atoms with van der Waals surface area (Å²) in [6.45, 7) is 8.31. The van der Waals surface area contributed by atoms with Gasteiger partial charge in [0.1, 0.15) is 17.5 Å². The summed E-state index contributed by atoms with van der Waals surface area (Å²) in [5.74, 6) is -0.236. The Kier molecular flexibility index (Phi) is 6.13. The molecule has 2 amide bonds. The molecule has 0 radical (unpaired) electrons. The van der Waals surface area contributed by atoms with Gasteiger partial charge in [0, 0.05) is 16.4 Å². The molecule has 9 nitrogen and oxygen atoms in total. The van der Waals surface area contributed by atoms with E-state index < -0.39 is 41.0 Å². The van der Waals surface area contributed by atoms with Crippen LogP contribution in [0.15, 0.2) is 0 Å². The number of ether oxygens (including phenoxy) is 2. The van der Waals surface area contributed by atoms with Gasteiger partial charge in [-0.2, -0.15) is 0 Å². The monoisotopic (exact) mass is 445 g/mol. The first-order chi connectivity index (χ1) is 13.4. The lowest BCUT2D eigenvalue weighted by atomic mass is 9.96. The van der Waals surface area contributed by atoms with Crippen LogP contribution in [0.5, 0.6) is 0 Å². The minimum absolute atomic E-state index is 0.202. The number of carbonyl (C=O) groups excluding carboxylic acids is 4. The van der Waals surface area contributed by atoms with E-state index in [2.05, 4.69) is 10.6 Å². The Morgan fingerprint density at radius 1 is 1.28 bits per heavy atom. The van der Waals surface area contributed by atoms with E-state index in [9.17, 15) is 19.2 Å². The number of amides is 2. The molecule has 0 saturated carbocycles. The largest absolute Gasteiger partial charge is 0.427 e. The molecule has 11 heteroatoms. The molecule has 0 aromatic rings. The topological polar surface area (TPSA) is 114 Å². The highest BCUT2D eigenvalue weighted by atomic mass is 32.2. The van der Waals surface area contributed by atoms with Crippen LogP contribution in [-0.4, -0.2) is 75.3 Å². The summed E-state index contributed by atoms with van der Waals surface area (Å²) in [5.41, 5.74) is -0.703. The van der Waals surface area contributed by atoms with E-state index in [1.54, 1.807) is 32.5 Å². The lowest BCUT2D eigenvalue weighted by Crippen LogP contribution is -2.71. The van der Waals surface area contributed by atoms with Gasteiger partial charge in [-0.1, -0.05) is 0 Å². The van der Waals surface area contributed by atoms with E-state index >= 15 is 0 Å². The van der Waals surface area contributed by atoms with Crippen molar-refractivity contribution in [3.8, 4) is 0 Å². The van der Waals surface area contributed by atoms with Crippen LogP contribution in [-0.2, 0) is 28.7 Å². The fourth-order valence-corrected chi connectivity index (χ4v) is 5.94. The number of rotatable bonds is 5. The molecule has 3 aliphatic heterocycles. The lowest BCUT2D eigenvalue weighted by Gasteiger charge is -2.44. The second-order valence-electron chi connectivity index (χ2n) is 8.78. The molecule has 1 unspecified atom stereocenters. The van der Waals surface area contributed by atoms with E-state index in [1.165, 1.54) is 16.7 Å². The van der Waals surface area contributed by atoms with Crippen molar-refractivity contribution < 1.29 is 28.7 Å². The Morgan fingerprint density at radius 3 is 2.55 bits per heavy atom. The number of hydrogen-bond donors (Lipinski definition) is 2. The Hall–Kier alpha value is -1.46. The van der Waals surface area contributed by atoms with Gasteiger partial charge in [-0.15, -0.1) is 23.5 Å². The van der Waals surface area contributed by atoms with Gasteiger partial charge in [-0.05, 0) is 34.6 Å². The summed E-state index contributed by atoms with van der Waals surface area (Å²) in [7, 11) is 0. The first-order valence-corrected chi connectivity index (χ1v) is 11.4. The molecular weight excluding hydrogens is 418 g/mol. The highest BCUT2D eigenvalue weighted by Gasteiger charge is 2.64. The predicted octanol–water partition coefficient (Wildman–Crippen LogP) is 0.286. The molecule has 3 aliphatic rings. The maximum atomic E-state index is 12.7. The first kappa shape index (κ1) is 22.2. The third-order valence-corrected chi connectivity index (χ3v) is 7.51. The summed E-state index contributed by atoms with van der Waals surface area (Å²) < 4.78 is 9.52. The summed E-state index contributed by atoms with van der Waals surface area (Å²) in [4.78, 5) is 50.9. The van der Waals surface area contributed by atoms with Gasteiger partial charge in [0.2, 0.25) is 18.6 Å². The molecule has 0 aromatic carbocycles. The number of thioether (sulfide) groups is 2. The van der Waals surface area contributed by atoms with Crippen molar-refractivity contribution in [3.05, 3.63) is 0 Å². The zero-order valence-corrected chi connectivity index (χ0v) is 18.8. The quantitative estimate of drug-likeness (QED) is 0.350. The number of β-lactam (4-membered cyclic amide) rings is 1. The van der Waals surface area contributed by atoms with Crippen LogP contribution in [0.3, 0.4) is 0 Å². The van der Waals surface area contributed by atoms with Crippen LogP contribution < -0.4 is 10.6 Å². The third-order valence-electron chi connectivity index (χ3n) is 5.00. The summed E-state index contributed by atoms with van der Waals surface area (Å²) in [5, 5.41) is 5.55. The predicted molar refractivity (Wildman–Crippen MR) is 109 cm³/mol. The summed E-state index contributed by atoms with van der Waals surface area (Å²) in [6, 6.07) is -1.78. The van der Waals surface area contributed by atoms with Crippen LogP contribution in [0.25, 0.3) is 0 Å². The Bertz CT molecular complexity index is 717. The van der Waals surface area contributed by atoms with Crippen LogP contribution in [0.4, 0.5) is 0 Å². The van der Waals surface area contributed by atoms with Gasteiger partial charge in [0.05, 0.1) is 11.5 Å². The Labute approximate surface area is 178 Å². The molecule has 0 spiro atoms. The molecule has 3 heterocycles. The molecule has 162 valence electrons. The van der Waals surface area contributed by atoms with Crippen LogP contribution in [0.1, 0.15) is 34.6 Å². The number of hydrogen-bond acceptors (Lipinski definition) is 9. The minimum Gasteiger partial charge on any atom is -0.427 e. The van der Waals surface area contributed by atoms with Crippen molar-refractivity contribution in [2.24, 2.45) is 5.41 Å². The maximum Gasteiger partial charge on any atom is 0.333 e. The van der Waals surface area contributed by atoms with Crippen molar-refractivity contribution in [2.75, 3.05) is 18.4 Å². The standard InChI is InChI=1S/C18H27N3O6S2/c1-17(2,3)16(25)27-8-26-15(24)11-18(4,5)29-14-10(13(23)21(11)14)20-12(22)9-6-28-7-19-9/h9-11,14,19H,6-8H2,1-5H3,(H,20,22)/t9?,10-,11+,14-/m1/s1. The van der Waals surface area contributed by atoms with Gasteiger partial charge in [0.15, 0.2) is 0 Å². The van der Waals surface area contributed by atoms with Gasteiger partial charge in [-0.3, -0.25) is 19.7 Å². The molecule has 0 bridgehead atoms. The molecule has 3 fully saturated rings. The smallest absolute Gasteiger partial charge is 0.333 e. The molecule has 4 atom stereocenters. The zero-order chi connectivity index (χ0) is 21.6. The van der Waals surface area contributed by atoms with Gasteiger partial charge in [-0.25, -0.2) is 4.79 Å². The average Bonchev–Trinajstić information content (AvgIpc) is 3.23. The minimum atomic E-state index is -0.813. The third kappa shape index (κ3) is 4.36. The molecule has 2 N–H and O–H groups in total. The number of nitrogens with zero attached hydrogens (tertiary/aromatic N) is 1. The lowest BCUT2D eigenvalue weighted by molar-refractivity contribution is -0.180. The zero-order valence-electron chi connectivity index (χ0n) is 17.1. The van der Waals surface area contributed by atoms with Crippen molar-refractivity contribution in [1.29, 1.82) is 0 Å². The maximum absolute atomic E-state index is 12.7. The van der Waals surface area contributed by atoms with E-state index in [4.69, 9.17) is 9.47 Å². The molecule has 0 aromatic heterocycles. The van der Waals surface area contributed by atoms with Crippen LogP contribution >= 0.6 is 23.5 Å². The normalized spacial score (nSPS) is 30.4. The number of nitrogens with one attached hydrogen (secondary N) is 2. The van der Waals surface area contributed by atoms with E-state index in [0.29, 0.717) is 11.6 Å². The fourth-order valence-electron chi connectivity index (χ4n) is 3.38. The number of fused-ring (bicyclic) bond motifs is 1. The summed E-state index contributed by atoms with van der Waals surface area (Å²) >= 11 is 3.08. The van der Waals surface area contributed by atoms with Crippen molar-refractivity contribution in [2.45, 2.75) is 62.9 Å². The van der Waals surface area contributed by atoms with E-state index in [-0.39, 0.29) is 23.2 Å². The van der Waals surface area contributed by atoms with Crippen molar-refractivity contribution in [1.82, 2.24) is 15.5 Å². The number of esters is 2. The van der Waals surface area contributed by atoms with Gasteiger partial charge in [0.25, 0.3) is 0 Å². The molecule has 0 aliphatic carbocycles. The van der Waals surface area contributed by atoms with Gasteiger partial charge >= 0.3 is 11.9 Å². The van der Waals surface area contributed by atoms with E-state index in [1.807, 2.05) is 13.8 Å². The van der Waals surface area contributed by atoms with Crippen LogP contribution in [0, 0.1) is 5.41 Å². The van der Waals surface area contributed by atoms with Crippen LogP contribution in [0.2, 0.25) is 0 Å². The van der Waals surface area contributed by atoms with E-state index in [0.717, 1.165) is 0 Å². The average molecular weight is 446 g/mol. The first-order valence-electron chi connectivity index (χ1n) is 9.39. The molecule has 3 rings (SSSR count). The Balaban J connectivity index is 1.58. The van der Waals surface area contributed by atoms with Gasteiger partial charge < -0.3 is 19.7 Å². The highest BCUT2D eigenvalue weighted by molar-refractivity contribution is 8.01. The van der Waals surface area contributed by atoms with Crippen molar-refractivity contribution in [3.63, 3.8) is 0 Å². The molecule has 3 saturated heterocycles. The summed E-state index contributed by atoms with van der Waals surface area (Å²) in [6.07, 6.45) is 0. The number of carbonyl (C=O) groups is 4.